The van der Waals surface area contributed by atoms with Gasteiger partial charge in [-0.15, -0.1) is 0 Å². The molecule has 9 heteroatoms. The first kappa shape index (κ1) is 22.0. The molecule has 1 amide bonds. The van der Waals surface area contributed by atoms with Gasteiger partial charge in [0.05, 0.1) is 22.3 Å². The topological polar surface area (TPSA) is 62.5 Å². The Morgan fingerprint density at radius 3 is 2.55 bits per heavy atom. The molecule has 0 aromatic carbocycles. The number of carbonyl (C=O) groups excluding carboxylic acids is 1. The molecule has 0 bridgehead atoms. The number of hydrogen-bond acceptors (Lipinski definition) is 5. The molecule has 0 N–H and O–H groups in total. The van der Waals surface area contributed by atoms with E-state index in [0.717, 1.165) is 38.4 Å². The Bertz CT molecular complexity index is 948. The van der Waals surface area contributed by atoms with Crippen molar-refractivity contribution in [3.8, 4) is 0 Å². The number of rotatable bonds is 3. The number of alkyl halides is 3. The number of nitrogens with zero attached hydrogens (tertiary/aromatic N) is 4. The Balaban J connectivity index is 1.52. The monoisotopic (exact) mass is 438 g/mol. The van der Waals surface area contributed by atoms with Crippen LogP contribution in [0.15, 0.2) is 10.6 Å². The summed E-state index contributed by atoms with van der Waals surface area (Å²) in [6.07, 6.45) is -1.42. The number of carbonyl (C=O) groups is 1. The van der Waals surface area contributed by atoms with E-state index in [9.17, 15) is 18.0 Å². The van der Waals surface area contributed by atoms with Gasteiger partial charge in [-0.2, -0.15) is 13.2 Å². The quantitative estimate of drug-likeness (QED) is 0.712. The van der Waals surface area contributed by atoms with Crippen LogP contribution in [0.1, 0.15) is 62.4 Å². The van der Waals surface area contributed by atoms with Gasteiger partial charge in [-0.1, -0.05) is 5.16 Å². The van der Waals surface area contributed by atoms with Crippen molar-refractivity contribution in [2.24, 2.45) is 5.92 Å². The Hall–Kier alpha value is -2.16. The third-order valence-electron chi connectivity index (χ3n) is 6.70. The molecule has 0 spiro atoms. The van der Waals surface area contributed by atoms with E-state index in [0.29, 0.717) is 31.2 Å². The first-order valence-electron chi connectivity index (χ1n) is 11.0. The fraction of sp³-hybridized carbons (Fsp3) is 0.682. The van der Waals surface area contributed by atoms with E-state index in [2.05, 4.69) is 28.9 Å². The molecule has 0 aliphatic carbocycles. The standard InChI is InChI=1S/C22H29F3N4O2/c1-13(2)28-9-6-15(7-10-28)21(30)29-8-4-5-16(12-29)18-11-17(22(23,24)25)19-14(3)27-31-20(19)26-18/h11,13,15-16H,4-10,12H2,1-3H3. The molecule has 6 nitrogen and oxygen atoms in total. The number of pyridine rings is 1. The van der Waals surface area contributed by atoms with Crippen LogP contribution in [0.4, 0.5) is 13.2 Å². The highest BCUT2D eigenvalue weighted by molar-refractivity contribution is 5.81. The van der Waals surface area contributed by atoms with E-state index < -0.39 is 11.7 Å². The van der Waals surface area contributed by atoms with Crippen LogP contribution >= 0.6 is 0 Å². The van der Waals surface area contributed by atoms with Gasteiger partial charge >= 0.3 is 6.18 Å². The maximum absolute atomic E-state index is 13.7. The molecule has 2 aromatic heterocycles. The number of hydrogen-bond donors (Lipinski definition) is 0. The number of halogens is 3. The van der Waals surface area contributed by atoms with Crippen molar-refractivity contribution in [1.82, 2.24) is 19.9 Å². The summed E-state index contributed by atoms with van der Waals surface area (Å²) in [5.74, 6) is -0.128. The zero-order valence-corrected chi connectivity index (χ0v) is 18.2. The number of amides is 1. The minimum Gasteiger partial charge on any atom is -0.342 e. The van der Waals surface area contributed by atoms with Crippen molar-refractivity contribution in [1.29, 1.82) is 0 Å². The second-order valence-electron chi connectivity index (χ2n) is 9.07. The summed E-state index contributed by atoms with van der Waals surface area (Å²) in [7, 11) is 0. The van der Waals surface area contributed by atoms with Gasteiger partial charge < -0.3 is 14.3 Å². The van der Waals surface area contributed by atoms with E-state index in [1.54, 1.807) is 0 Å². The van der Waals surface area contributed by atoms with Crippen LogP contribution < -0.4 is 0 Å². The van der Waals surface area contributed by atoms with Gasteiger partial charge in [0.15, 0.2) is 0 Å². The van der Waals surface area contributed by atoms with Gasteiger partial charge in [-0.05, 0) is 65.6 Å². The van der Waals surface area contributed by atoms with Crippen LogP contribution in [0.2, 0.25) is 0 Å². The van der Waals surface area contributed by atoms with Crippen molar-refractivity contribution >= 4 is 17.0 Å². The molecule has 0 radical (unpaired) electrons. The van der Waals surface area contributed by atoms with Crippen molar-refractivity contribution in [3.63, 3.8) is 0 Å². The van der Waals surface area contributed by atoms with Crippen LogP contribution in [0.3, 0.4) is 0 Å². The summed E-state index contributed by atoms with van der Waals surface area (Å²) >= 11 is 0. The molecule has 1 unspecified atom stereocenters. The first-order chi connectivity index (χ1) is 14.6. The maximum Gasteiger partial charge on any atom is 0.417 e. The summed E-state index contributed by atoms with van der Waals surface area (Å²) < 4.78 is 46.1. The van der Waals surface area contributed by atoms with Crippen LogP contribution in [-0.2, 0) is 11.0 Å². The largest absolute Gasteiger partial charge is 0.417 e. The lowest BCUT2D eigenvalue weighted by Gasteiger charge is -2.38. The highest BCUT2D eigenvalue weighted by atomic mass is 19.4. The minimum absolute atomic E-state index is 0.00755. The number of piperidine rings is 2. The van der Waals surface area contributed by atoms with Crippen molar-refractivity contribution in [2.75, 3.05) is 26.2 Å². The number of aromatic nitrogens is 2. The second-order valence-corrected chi connectivity index (χ2v) is 9.07. The second kappa shape index (κ2) is 8.41. The number of likely N-dealkylation sites (tertiary alicyclic amines) is 2. The molecule has 2 aromatic rings. The fourth-order valence-corrected chi connectivity index (χ4v) is 4.89. The number of aryl methyl sites for hydroxylation is 1. The van der Waals surface area contributed by atoms with Crippen molar-refractivity contribution in [2.45, 2.75) is 64.6 Å². The molecule has 2 saturated heterocycles. The van der Waals surface area contributed by atoms with Crippen LogP contribution in [0.5, 0.6) is 0 Å². The van der Waals surface area contributed by atoms with E-state index in [-0.39, 0.29) is 34.5 Å². The number of fused-ring (bicyclic) bond motifs is 1. The van der Waals surface area contributed by atoms with Gasteiger partial charge in [-0.25, -0.2) is 4.98 Å². The molecular weight excluding hydrogens is 409 g/mol. The molecule has 4 heterocycles. The van der Waals surface area contributed by atoms with Gasteiger partial charge in [0.25, 0.3) is 5.71 Å². The SMILES string of the molecule is Cc1noc2nc(C3CCCN(C(=O)C4CCN(C(C)C)CC4)C3)cc(C(F)(F)F)c12. The predicted molar refractivity (Wildman–Crippen MR) is 110 cm³/mol. The van der Waals surface area contributed by atoms with Crippen molar-refractivity contribution < 1.29 is 22.5 Å². The van der Waals surface area contributed by atoms with Crippen molar-refractivity contribution in [3.05, 3.63) is 23.0 Å². The van der Waals surface area contributed by atoms with E-state index in [1.165, 1.54) is 6.92 Å². The fourth-order valence-electron chi connectivity index (χ4n) is 4.89. The zero-order valence-electron chi connectivity index (χ0n) is 18.2. The average molecular weight is 438 g/mol. The van der Waals surface area contributed by atoms with Gasteiger partial charge in [0, 0.05) is 31.0 Å². The molecule has 1 atom stereocenters. The van der Waals surface area contributed by atoms with Gasteiger partial charge in [0.2, 0.25) is 5.91 Å². The van der Waals surface area contributed by atoms with E-state index >= 15 is 0 Å². The lowest BCUT2D eigenvalue weighted by atomic mass is 9.90. The molecule has 0 saturated carbocycles. The Morgan fingerprint density at radius 1 is 1.19 bits per heavy atom. The zero-order chi connectivity index (χ0) is 22.3. The van der Waals surface area contributed by atoms with E-state index in [1.807, 2.05) is 4.90 Å². The average Bonchev–Trinajstić information content (AvgIpc) is 3.12. The molecule has 31 heavy (non-hydrogen) atoms. The Kier molecular flexibility index (Phi) is 5.98. The van der Waals surface area contributed by atoms with Gasteiger partial charge in [-0.3, -0.25) is 4.79 Å². The summed E-state index contributed by atoms with van der Waals surface area (Å²) in [4.78, 5) is 21.7. The summed E-state index contributed by atoms with van der Waals surface area (Å²) in [5, 5.41) is 3.59. The molecule has 2 aliphatic heterocycles. The molecule has 170 valence electrons. The molecule has 4 rings (SSSR count). The summed E-state index contributed by atoms with van der Waals surface area (Å²) in [6, 6.07) is 1.59. The highest BCUT2D eigenvalue weighted by Crippen LogP contribution is 2.38. The minimum atomic E-state index is -4.53. The highest BCUT2D eigenvalue weighted by Gasteiger charge is 2.38. The first-order valence-corrected chi connectivity index (χ1v) is 11.0. The van der Waals surface area contributed by atoms with Crippen LogP contribution in [0.25, 0.3) is 11.1 Å². The maximum atomic E-state index is 13.7. The lowest BCUT2D eigenvalue weighted by Crippen LogP contribution is -2.47. The molecular formula is C22H29F3N4O2. The van der Waals surface area contributed by atoms with Crippen LogP contribution in [-0.4, -0.2) is 58.1 Å². The molecule has 2 aliphatic rings. The summed E-state index contributed by atoms with van der Waals surface area (Å²) in [6.45, 7) is 8.65. The van der Waals surface area contributed by atoms with Crippen LogP contribution in [0, 0.1) is 12.8 Å². The van der Waals surface area contributed by atoms with E-state index in [4.69, 9.17) is 4.52 Å². The predicted octanol–water partition coefficient (Wildman–Crippen LogP) is 4.38. The third-order valence-corrected chi connectivity index (χ3v) is 6.70. The smallest absolute Gasteiger partial charge is 0.342 e. The normalized spacial score (nSPS) is 21.9. The Morgan fingerprint density at radius 2 is 1.90 bits per heavy atom. The molecule has 2 fully saturated rings. The lowest BCUT2D eigenvalue weighted by molar-refractivity contribution is -0.139. The van der Waals surface area contributed by atoms with Gasteiger partial charge in [0.1, 0.15) is 0 Å². The third kappa shape index (κ3) is 4.42. The Labute approximate surface area is 179 Å². The summed E-state index contributed by atoms with van der Waals surface area (Å²) in [5.41, 5.74) is -0.361.